The van der Waals surface area contributed by atoms with Gasteiger partial charge in [0.15, 0.2) is 0 Å². The lowest BCUT2D eigenvalue weighted by Crippen LogP contribution is -2.37. The van der Waals surface area contributed by atoms with Crippen molar-refractivity contribution in [3.8, 4) is 0 Å². The highest BCUT2D eigenvalue weighted by molar-refractivity contribution is 5.83. The molecule has 0 amide bonds. The number of benzene rings is 2. The smallest absolute Gasteiger partial charge is 0.0470 e. The third-order valence-corrected chi connectivity index (χ3v) is 4.38. The molecule has 2 aromatic rings. The molecular weight excluding hydrogens is 256 g/mol. The largest absolute Gasteiger partial charge is 0.329 e. The maximum absolute atomic E-state index is 6.08. The maximum atomic E-state index is 6.08. The SMILES string of the molecule is CC(C)CC(C)N(C)C(CN)c1ccc2ccccc2c1. The summed E-state index contributed by atoms with van der Waals surface area (Å²) in [6, 6.07) is 16.0. The van der Waals surface area contributed by atoms with Crippen molar-refractivity contribution in [2.24, 2.45) is 11.7 Å². The van der Waals surface area contributed by atoms with E-state index in [0.29, 0.717) is 18.5 Å². The Labute approximate surface area is 128 Å². The van der Waals surface area contributed by atoms with Gasteiger partial charge >= 0.3 is 0 Å². The van der Waals surface area contributed by atoms with Crippen molar-refractivity contribution < 1.29 is 0 Å². The fourth-order valence-electron chi connectivity index (χ4n) is 3.11. The zero-order chi connectivity index (χ0) is 15.4. The van der Waals surface area contributed by atoms with Crippen molar-refractivity contribution in [1.29, 1.82) is 0 Å². The molecule has 2 atom stereocenters. The van der Waals surface area contributed by atoms with E-state index >= 15 is 0 Å². The molecule has 21 heavy (non-hydrogen) atoms. The van der Waals surface area contributed by atoms with Gasteiger partial charge in [-0.05, 0) is 48.7 Å². The van der Waals surface area contributed by atoms with Crippen molar-refractivity contribution in [3.63, 3.8) is 0 Å². The van der Waals surface area contributed by atoms with Gasteiger partial charge in [-0.2, -0.15) is 0 Å². The molecule has 2 rings (SSSR count). The molecule has 2 aromatic carbocycles. The van der Waals surface area contributed by atoms with Crippen LogP contribution in [-0.4, -0.2) is 24.5 Å². The highest BCUT2D eigenvalue weighted by Gasteiger charge is 2.21. The fourth-order valence-corrected chi connectivity index (χ4v) is 3.11. The second kappa shape index (κ2) is 7.06. The molecule has 0 saturated carbocycles. The van der Waals surface area contributed by atoms with E-state index in [4.69, 9.17) is 5.73 Å². The molecule has 0 aliphatic rings. The monoisotopic (exact) mass is 284 g/mol. The third kappa shape index (κ3) is 3.84. The van der Waals surface area contributed by atoms with Crippen LogP contribution < -0.4 is 5.73 Å². The standard InChI is InChI=1S/C19H28N2/c1-14(2)11-15(3)21(4)19(13-20)18-10-9-16-7-5-6-8-17(16)12-18/h5-10,12,14-15,19H,11,13,20H2,1-4H3. The first kappa shape index (κ1) is 16.0. The first-order valence-corrected chi connectivity index (χ1v) is 7.93. The molecule has 0 heterocycles. The van der Waals surface area contributed by atoms with Crippen LogP contribution in [0.2, 0.25) is 0 Å². The van der Waals surface area contributed by atoms with Gasteiger partial charge in [-0.25, -0.2) is 0 Å². The van der Waals surface area contributed by atoms with Crippen LogP contribution in [0.25, 0.3) is 10.8 Å². The molecular formula is C19H28N2. The number of likely N-dealkylation sites (N-methyl/N-ethyl adjacent to an activating group) is 1. The van der Waals surface area contributed by atoms with E-state index in [1.54, 1.807) is 0 Å². The summed E-state index contributed by atoms with van der Waals surface area (Å²) >= 11 is 0. The van der Waals surface area contributed by atoms with Gasteiger partial charge in [0.2, 0.25) is 0 Å². The normalized spacial score (nSPS) is 14.8. The summed E-state index contributed by atoms with van der Waals surface area (Å²) in [6.07, 6.45) is 1.20. The number of fused-ring (bicyclic) bond motifs is 1. The molecule has 0 aliphatic heterocycles. The zero-order valence-corrected chi connectivity index (χ0v) is 13.7. The molecule has 0 radical (unpaired) electrons. The van der Waals surface area contributed by atoms with Gasteiger partial charge < -0.3 is 5.73 Å². The highest BCUT2D eigenvalue weighted by Crippen LogP contribution is 2.26. The lowest BCUT2D eigenvalue weighted by atomic mass is 9.97. The van der Waals surface area contributed by atoms with Crippen molar-refractivity contribution in [1.82, 2.24) is 4.90 Å². The number of rotatable bonds is 6. The first-order chi connectivity index (χ1) is 10.0. The Hall–Kier alpha value is -1.38. The molecule has 0 aliphatic carbocycles. The Morgan fingerprint density at radius 3 is 2.29 bits per heavy atom. The Bertz CT molecular complexity index is 577. The van der Waals surface area contributed by atoms with Gasteiger partial charge in [0.25, 0.3) is 0 Å². The maximum Gasteiger partial charge on any atom is 0.0470 e. The quantitative estimate of drug-likeness (QED) is 0.861. The van der Waals surface area contributed by atoms with Crippen LogP contribution in [0, 0.1) is 5.92 Å². The minimum atomic E-state index is 0.281. The molecule has 0 spiro atoms. The highest BCUT2D eigenvalue weighted by atomic mass is 15.2. The van der Waals surface area contributed by atoms with Crippen LogP contribution in [0.3, 0.4) is 0 Å². The van der Waals surface area contributed by atoms with Crippen LogP contribution in [0.5, 0.6) is 0 Å². The number of hydrogen-bond acceptors (Lipinski definition) is 2. The van der Waals surface area contributed by atoms with Gasteiger partial charge in [-0.3, -0.25) is 4.90 Å². The summed E-state index contributed by atoms with van der Waals surface area (Å²) < 4.78 is 0. The number of nitrogens with two attached hydrogens (primary N) is 1. The van der Waals surface area contributed by atoms with Crippen LogP contribution >= 0.6 is 0 Å². The molecule has 2 heteroatoms. The lowest BCUT2D eigenvalue weighted by molar-refractivity contribution is 0.169. The summed E-state index contributed by atoms with van der Waals surface area (Å²) in [5.41, 5.74) is 7.39. The minimum absolute atomic E-state index is 0.281. The summed E-state index contributed by atoms with van der Waals surface area (Å²) in [4.78, 5) is 2.42. The predicted octanol–water partition coefficient (Wildman–Crippen LogP) is 4.21. The van der Waals surface area contributed by atoms with E-state index in [-0.39, 0.29) is 6.04 Å². The van der Waals surface area contributed by atoms with E-state index in [1.165, 1.54) is 22.8 Å². The topological polar surface area (TPSA) is 29.3 Å². The average Bonchev–Trinajstić information content (AvgIpc) is 2.47. The molecule has 2 nitrogen and oxygen atoms in total. The Morgan fingerprint density at radius 2 is 1.67 bits per heavy atom. The van der Waals surface area contributed by atoms with Gasteiger partial charge in [0.1, 0.15) is 0 Å². The van der Waals surface area contributed by atoms with Crippen molar-refractivity contribution >= 4 is 10.8 Å². The van der Waals surface area contributed by atoms with Crippen LogP contribution in [0.15, 0.2) is 42.5 Å². The second-order valence-electron chi connectivity index (χ2n) is 6.50. The Morgan fingerprint density at radius 1 is 1.00 bits per heavy atom. The third-order valence-electron chi connectivity index (χ3n) is 4.38. The molecule has 2 unspecified atom stereocenters. The van der Waals surface area contributed by atoms with Crippen LogP contribution in [0.1, 0.15) is 38.8 Å². The number of hydrogen-bond donors (Lipinski definition) is 1. The molecule has 0 aromatic heterocycles. The summed E-state index contributed by atoms with van der Waals surface area (Å²) in [5.74, 6) is 0.706. The van der Waals surface area contributed by atoms with Gasteiger partial charge in [-0.15, -0.1) is 0 Å². The van der Waals surface area contributed by atoms with Crippen LogP contribution in [-0.2, 0) is 0 Å². The Balaban J connectivity index is 2.26. The van der Waals surface area contributed by atoms with E-state index in [2.05, 4.69) is 75.2 Å². The van der Waals surface area contributed by atoms with Crippen molar-refractivity contribution in [3.05, 3.63) is 48.0 Å². The van der Waals surface area contributed by atoms with Crippen molar-refractivity contribution in [2.75, 3.05) is 13.6 Å². The van der Waals surface area contributed by atoms with E-state index in [9.17, 15) is 0 Å². The van der Waals surface area contributed by atoms with E-state index < -0.39 is 0 Å². The molecule has 0 bridgehead atoms. The number of nitrogens with zero attached hydrogens (tertiary/aromatic N) is 1. The van der Waals surface area contributed by atoms with Gasteiger partial charge in [-0.1, -0.05) is 50.2 Å². The summed E-state index contributed by atoms with van der Waals surface area (Å²) in [6.45, 7) is 7.50. The predicted molar refractivity (Wildman–Crippen MR) is 92.4 cm³/mol. The molecule has 114 valence electrons. The first-order valence-electron chi connectivity index (χ1n) is 7.93. The lowest BCUT2D eigenvalue weighted by Gasteiger charge is -2.34. The summed E-state index contributed by atoms with van der Waals surface area (Å²) in [5, 5.41) is 2.58. The van der Waals surface area contributed by atoms with E-state index in [1.807, 2.05) is 0 Å². The van der Waals surface area contributed by atoms with Crippen molar-refractivity contribution in [2.45, 2.75) is 39.3 Å². The summed E-state index contributed by atoms with van der Waals surface area (Å²) in [7, 11) is 2.19. The van der Waals surface area contributed by atoms with E-state index in [0.717, 1.165) is 0 Å². The van der Waals surface area contributed by atoms with Gasteiger partial charge in [0.05, 0.1) is 0 Å². The zero-order valence-electron chi connectivity index (χ0n) is 13.7. The second-order valence-corrected chi connectivity index (χ2v) is 6.50. The molecule has 0 saturated heterocycles. The average molecular weight is 284 g/mol. The molecule has 0 fully saturated rings. The fraction of sp³-hybridized carbons (Fsp3) is 0.474. The van der Waals surface area contributed by atoms with Crippen LogP contribution in [0.4, 0.5) is 0 Å². The molecule has 2 N–H and O–H groups in total. The van der Waals surface area contributed by atoms with Gasteiger partial charge in [0, 0.05) is 18.6 Å². The Kier molecular flexibility index (Phi) is 5.38. The minimum Gasteiger partial charge on any atom is -0.329 e.